The molecule has 0 bridgehead atoms. The summed E-state index contributed by atoms with van der Waals surface area (Å²) < 4.78 is 0. The largest absolute Gasteiger partial charge is 0.349 e. The Kier molecular flexibility index (Phi) is 3.55. The van der Waals surface area contributed by atoms with Crippen molar-refractivity contribution in [3.05, 3.63) is 12.2 Å². The molecule has 4 rings (SSSR count). The van der Waals surface area contributed by atoms with Gasteiger partial charge in [-0.3, -0.25) is 4.79 Å². The molecule has 3 fully saturated rings. The van der Waals surface area contributed by atoms with Gasteiger partial charge in [0.15, 0.2) is 0 Å². The van der Waals surface area contributed by atoms with Crippen LogP contribution in [-0.4, -0.2) is 11.9 Å². The third-order valence-electron chi connectivity index (χ3n) is 8.73. The number of rotatable bonds is 0. The number of amides is 1. The fourth-order valence-corrected chi connectivity index (χ4v) is 7.76. The Labute approximate surface area is 147 Å². The van der Waals surface area contributed by atoms with Crippen LogP contribution in [0.3, 0.4) is 0 Å². The summed E-state index contributed by atoms with van der Waals surface area (Å²) >= 11 is 0. The van der Waals surface area contributed by atoms with Crippen molar-refractivity contribution in [3.8, 4) is 0 Å². The van der Waals surface area contributed by atoms with E-state index in [1.54, 1.807) is 6.08 Å². The van der Waals surface area contributed by atoms with E-state index in [4.69, 9.17) is 0 Å². The number of nitrogens with one attached hydrogen (secondary N) is 1. The maximum absolute atomic E-state index is 11.8. The van der Waals surface area contributed by atoms with Crippen LogP contribution in [-0.2, 0) is 4.79 Å². The molecule has 2 nitrogen and oxygen atoms in total. The van der Waals surface area contributed by atoms with Gasteiger partial charge in [-0.1, -0.05) is 40.7 Å². The molecule has 1 N–H and O–H groups in total. The van der Waals surface area contributed by atoms with Gasteiger partial charge in [0.2, 0.25) is 5.91 Å². The van der Waals surface area contributed by atoms with Crippen LogP contribution in [0.15, 0.2) is 12.2 Å². The molecular weight excluding hydrogens is 294 g/mol. The summed E-state index contributed by atoms with van der Waals surface area (Å²) in [5.74, 6) is 3.49. The van der Waals surface area contributed by atoms with E-state index >= 15 is 0 Å². The predicted octanol–water partition coefficient (Wildman–Crippen LogP) is 4.95. The van der Waals surface area contributed by atoms with E-state index < -0.39 is 0 Å². The molecule has 0 radical (unpaired) electrons. The van der Waals surface area contributed by atoms with Gasteiger partial charge in [-0.15, -0.1) is 0 Å². The molecule has 1 heterocycles. The van der Waals surface area contributed by atoms with E-state index in [9.17, 15) is 4.79 Å². The van der Waals surface area contributed by atoms with Crippen molar-refractivity contribution in [3.63, 3.8) is 0 Å². The number of hydrogen-bond donors (Lipinski definition) is 1. The van der Waals surface area contributed by atoms with Crippen LogP contribution in [0.4, 0.5) is 0 Å². The molecule has 0 aromatic heterocycles. The van der Waals surface area contributed by atoms with Gasteiger partial charge < -0.3 is 5.32 Å². The molecule has 0 spiro atoms. The molecule has 7 atom stereocenters. The van der Waals surface area contributed by atoms with Gasteiger partial charge >= 0.3 is 0 Å². The van der Waals surface area contributed by atoms with Gasteiger partial charge in [-0.05, 0) is 79.1 Å². The third kappa shape index (κ3) is 2.17. The van der Waals surface area contributed by atoms with Crippen LogP contribution in [0.5, 0.6) is 0 Å². The second kappa shape index (κ2) is 5.11. The Bertz CT molecular complexity index is 573. The van der Waals surface area contributed by atoms with Crippen LogP contribution in [0.2, 0.25) is 0 Å². The molecule has 4 aliphatic rings. The molecule has 0 aromatic rings. The van der Waals surface area contributed by atoms with Gasteiger partial charge in [-0.25, -0.2) is 0 Å². The minimum absolute atomic E-state index is 0.116. The molecule has 24 heavy (non-hydrogen) atoms. The molecule has 3 saturated carbocycles. The highest BCUT2D eigenvalue weighted by atomic mass is 16.1. The van der Waals surface area contributed by atoms with Crippen LogP contribution in [0.25, 0.3) is 0 Å². The molecule has 134 valence electrons. The van der Waals surface area contributed by atoms with E-state index in [2.05, 4.69) is 46.0 Å². The van der Waals surface area contributed by atoms with E-state index in [1.165, 1.54) is 38.5 Å². The highest BCUT2D eigenvalue weighted by Crippen LogP contribution is 2.67. The Balaban J connectivity index is 1.66. The lowest BCUT2D eigenvalue weighted by atomic mass is 9.47. The molecule has 1 amide bonds. The van der Waals surface area contributed by atoms with Gasteiger partial charge in [0.25, 0.3) is 0 Å². The minimum Gasteiger partial charge on any atom is -0.349 e. The Morgan fingerprint density at radius 2 is 1.79 bits per heavy atom. The van der Waals surface area contributed by atoms with Crippen molar-refractivity contribution in [2.24, 2.45) is 39.9 Å². The topological polar surface area (TPSA) is 29.1 Å². The number of hydrogen-bond acceptors (Lipinski definition) is 1. The summed E-state index contributed by atoms with van der Waals surface area (Å²) in [5, 5.41) is 3.27. The molecule has 0 unspecified atom stereocenters. The SMILES string of the molecule is CC(C)(C)[C@H]1CC[C@H]2[C@@H]3CC[C@H]4NC(=O)C=C[C@]4(C)[C@H]3CC[C@]12C. The van der Waals surface area contributed by atoms with E-state index in [-0.39, 0.29) is 11.3 Å². The molecule has 3 aliphatic carbocycles. The molecular formula is C22H35NO. The minimum atomic E-state index is 0.116. The van der Waals surface area contributed by atoms with Crippen molar-refractivity contribution >= 4 is 5.91 Å². The van der Waals surface area contributed by atoms with Gasteiger partial charge in [0.1, 0.15) is 0 Å². The standard InChI is InChI=1S/C22H35NO/c1-20(2,3)17-8-7-15-14-6-9-18-22(5,13-11-19(24)23-18)16(14)10-12-21(15,17)4/h11,13-18H,6-10,12H2,1-5H3,(H,23,24)/t14-,15-,16-,17+,18+,21-,22+/m0/s1. The van der Waals surface area contributed by atoms with Crippen molar-refractivity contribution in [2.45, 2.75) is 79.2 Å². The predicted molar refractivity (Wildman–Crippen MR) is 98.4 cm³/mol. The van der Waals surface area contributed by atoms with Gasteiger partial charge in [0, 0.05) is 11.5 Å². The molecule has 2 heteroatoms. The lowest BCUT2D eigenvalue weighted by Gasteiger charge is -2.59. The average Bonchev–Trinajstić information content (AvgIpc) is 2.85. The third-order valence-corrected chi connectivity index (χ3v) is 8.73. The normalized spacial score (nSPS) is 50.7. The first-order chi connectivity index (χ1) is 11.2. The second-order valence-electron chi connectivity index (χ2n) is 10.8. The smallest absolute Gasteiger partial charge is 0.243 e. The fraction of sp³-hybridized carbons (Fsp3) is 0.864. The fourth-order valence-electron chi connectivity index (χ4n) is 7.76. The Morgan fingerprint density at radius 1 is 1.04 bits per heavy atom. The highest BCUT2D eigenvalue weighted by Gasteiger charge is 2.60. The molecule has 0 aromatic carbocycles. The molecule has 1 aliphatic heterocycles. The first kappa shape index (κ1) is 16.7. The molecule has 0 saturated heterocycles. The average molecular weight is 330 g/mol. The van der Waals surface area contributed by atoms with Crippen LogP contribution < -0.4 is 5.32 Å². The monoisotopic (exact) mass is 329 g/mol. The summed E-state index contributed by atoms with van der Waals surface area (Å²) in [6.45, 7) is 12.4. The van der Waals surface area contributed by atoms with E-state index in [1.807, 2.05) is 0 Å². The number of carbonyl (C=O) groups excluding carboxylic acids is 1. The first-order valence-electron chi connectivity index (χ1n) is 10.2. The lowest BCUT2D eigenvalue weighted by molar-refractivity contribution is -0.123. The van der Waals surface area contributed by atoms with Crippen molar-refractivity contribution in [1.82, 2.24) is 5.32 Å². The summed E-state index contributed by atoms with van der Waals surface area (Å²) in [7, 11) is 0. The summed E-state index contributed by atoms with van der Waals surface area (Å²) in [6.07, 6.45) is 12.1. The zero-order valence-corrected chi connectivity index (χ0v) is 16.2. The quantitative estimate of drug-likeness (QED) is 0.669. The summed E-state index contributed by atoms with van der Waals surface area (Å²) in [6, 6.07) is 0.362. The lowest BCUT2D eigenvalue weighted by Crippen LogP contribution is -2.59. The summed E-state index contributed by atoms with van der Waals surface area (Å²) in [5.41, 5.74) is 1.14. The van der Waals surface area contributed by atoms with Crippen molar-refractivity contribution in [2.75, 3.05) is 0 Å². The zero-order valence-electron chi connectivity index (χ0n) is 16.2. The number of fused-ring (bicyclic) bond motifs is 5. The van der Waals surface area contributed by atoms with Crippen LogP contribution >= 0.6 is 0 Å². The maximum Gasteiger partial charge on any atom is 0.243 e. The number of carbonyl (C=O) groups is 1. The highest BCUT2D eigenvalue weighted by molar-refractivity contribution is 5.89. The summed E-state index contributed by atoms with van der Waals surface area (Å²) in [4.78, 5) is 11.8. The second-order valence-corrected chi connectivity index (χ2v) is 10.8. The van der Waals surface area contributed by atoms with Gasteiger partial charge in [-0.2, -0.15) is 0 Å². The Hall–Kier alpha value is -0.790. The van der Waals surface area contributed by atoms with Crippen molar-refractivity contribution in [1.29, 1.82) is 0 Å². The first-order valence-corrected chi connectivity index (χ1v) is 10.2. The van der Waals surface area contributed by atoms with Crippen LogP contribution in [0, 0.1) is 39.9 Å². The zero-order chi connectivity index (χ0) is 17.3. The van der Waals surface area contributed by atoms with Crippen molar-refractivity contribution < 1.29 is 4.79 Å². The van der Waals surface area contributed by atoms with E-state index in [0.717, 1.165) is 23.7 Å². The maximum atomic E-state index is 11.8. The van der Waals surface area contributed by atoms with Crippen LogP contribution in [0.1, 0.15) is 73.1 Å². The van der Waals surface area contributed by atoms with E-state index in [0.29, 0.717) is 16.9 Å². The van der Waals surface area contributed by atoms with Gasteiger partial charge in [0.05, 0.1) is 0 Å². The Morgan fingerprint density at radius 3 is 2.50 bits per heavy atom.